The second kappa shape index (κ2) is 11.2. The first-order valence-electron chi connectivity index (χ1n) is 6.17. The molecule has 0 rings (SSSR count). The first-order chi connectivity index (χ1) is 6.85. The molecule has 0 fully saturated rings. The third-order valence-corrected chi connectivity index (χ3v) is 3.50. The van der Waals surface area contributed by atoms with Crippen molar-refractivity contribution in [2.24, 2.45) is 0 Å². The van der Waals surface area contributed by atoms with Gasteiger partial charge in [-0.25, -0.2) is 0 Å². The molecular formula is C12H25OP. The van der Waals surface area contributed by atoms with Crippen LogP contribution in [0.2, 0.25) is 0 Å². The summed E-state index contributed by atoms with van der Waals surface area (Å²) >= 11 is 0. The Bertz CT molecular complexity index is 125. The van der Waals surface area contributed by atoms with Crippen LogP contribution in [-0.2, 0) is 4.57 Å². The van der Waals surface area contributed by atoms with Crippen molar-refractivity contribution in [3.63, 3.8) is 0 Å². The Kier molecular flexibility index (Phi) is 11.3. The predicted molar refractivity (Wildman–Crippen MR) is 64.3 cm³/mol. The van der Waals surface area contributed by atoms with Crippen LogP contribution in [0.25, 0.3) is 0 Å². The van der Waals surface area contributed by atoms with Crippen LogP contribution < -0.4 is 0 Å². The zero-order valence-electron chi connectivity index (χ0n) is 9.80. The fraction of sp³-hybridized carbons (Fsp3) is 1.00. The molecule has 1 unspecified atom stereocenters. The normalized spacial score (nSPS) is 13.3. The van der Waals surface area contributed by atoms with E-state index in [4.69, 9.17) is 0 Å². The zero-order valence-corrected chi connectivity index (χ0v) is 10.7. The minimum absolute atomic E-state index is 0.372. The number of unbranched alkanes of at least 4 members (excludes halogenated alkanes) is 5. The maximum Gasteiger partial charge on any atom is 0.158 e. The lowest BCUT2D eigenvalue weighted by molar-refractivity contribution is 0.544. The van der Waals surface area contributed by atoms with E-state index in [0.717, 1.165) is 12.8 Å². The fourth-order valence-corrected chi connectivity index (χ4v) is 2.25. The van der Waals surface area contributed by atoms with Gasteiger partial charge in [-0.05, 0) is 12.8 Å². The quantitative estimate of drug-likeness (QED) is 0.362. The first-order valence-corrected chi connectivity index (χ1v) is 7.05. The van der Waals surface area contributed by atoms with Gasteiger partial charge in [-0.1, -0.05) is 58.8 Å². The maximum absolute atomic E-state index is 10.8. The van der Waals surface area contributed by atoms with E-state index in [1.165, 1.54) is 44.9 Å². The lowest BCUT2D eigenvalue weighted by Gasteiger charge is -2.07. The lowest BCUT2D eigenvalue weighted by Crippen LogP contribution is -1.98. The van der Waals surface area contributed by atoms with Crippen molar-refractivity contribution in [1.29, 1.82) is 0 Å². The molecule has 0 heterocycles. The van der Waals surface area contributed by atoms with Gasteiger partial charge in [0.15, 0.2) is 8.46 Å². The highest BCUT2D eigenvalue weighted by Gasteiger charge is 2.06. The molecule has 1 nitrogen and oxygen atoms in total. The minimum atomic E-state index is 0.372. The van der Waals surface area contributed by atoms with Gasteiger partial charge in [0, 0.05) is 5.66 Å². The molecule has 0 aromatic carbocycles. The monoisotopic (exact) mass is 216 g/mol. The molecule has 0 amide bonds. The summed E-state index contributed by atoms with van der Waals surface area (Å²) in [4.78, 5) is 0. The predicted octanol–water partition coefficient (Wildman–Crippen LogP) is 5.20. The second-order valence-electron chi connectivity index (χ2n) is 4.10. The Hall–Kier alpha value is 0.100. The molecule has 0 aromatic rings. The maximum atomic E-state index is 10.8. The molecule has 0 saturated heterocycles. The van der Waals surface area contributed by atoms with Gasteiger partial charge < -0.3 is 0 Å². The highest BCUT2D eigenvalue weighted by Crippen LogP contribution is 2.21. The molecule has 0 aliphatic heterocycles. The molecule has 0 aliphatic rings. The van der Waals surface area contributed by atoms with Gasteiger partial charge >= 0.3 is 0 Å². The first kappa shape index (κ1) is 14.1. The molecule has 84 valence electrons. The van der Waals surface area contributed by atoms with Crippen LogP contribution in [0, 0.1) is 0 Å². The molecule has 0 aliphatic carbocycles. The van der Waals surface area contributed by atoms with Crippen LogP contribution in [0.1, 0.15) is 71.6 Å². The molecule has 0 bridgehead atoms. The van der Waals surface area contributed by atoms with E-state index < -0.39 is 0 Å². The van der Waals surface area contributed by atoms with Crippen molar-refractivity contribution in [3.05, 3.63) is 0 Å². The van der Waals surface area contributed by atoms with E-state index in [0.29, 0.717) is 14.1 Å². The molecule has 14 heavy (non-hydrogen) atoms. The molecule has 0 aromatic heterocycles. The van der Waals surface area contributed by atoms with Crippen LogP contribution in [-0.4, -0.2) is 5.66 Å². The highest BCUT2D eigenvalue weighted by molar-refractivity contribution is 7.24. The van der Waals surface area contributed by atoms with Gasteiger partial charge in [-0.15, -0.1) is 0 Å². The van der Waals surface area contributed by atoms with Crippen LogP contribution >= 0.6 is 8.46 Å². The smallest absolute Gasteiger partial charge is 0.158 e. The minimum Gasteiger partial charge on any atom is -0.275 e. The Balaban J connectivity index is 3.28. The summed E-state index contributed by atoms with van der Waals surface area (Å²) in [5, 5.41) is 0. The SMILES string of the molecule is CCCCCCCC(CCCC)P=O. The van der Waals surface area contributed by atoms with Gasteiger partial charge in [0.05, 0.1) is 0 Å². The standard InChI is InChI=1S/C12H25OP/c1-3-5-7-8-9-11-12(14-13)10-6-4-2/h12H,3-11H2,1-2H3. The van der Waals surface area contributed by atoms with E-state index >= 15 is 0 Å². The third kappa shape index (κ3) is 8.69. The van der Waals surface area contributed by atoms with Gasteiger partial charge in [0.1, 0.15) is 0 Å². The Morgan fingerprint density at radius 2 is 1.43 bits per heavy atom. The molecule has 0 spiro atoms. The van der Waals surface area contributed by atoms with Gasteiger partial charge in [-0.3, -0.25) is 4.57 Å². The zero-order chi connectivity index (χ0) is 10.6. The van der Waals surface area contributed by atoms with Crippen LogP contribution in [0.4, 0.5) is 0 Å². The molecule has 0 saturated carbocycles. The van der Waals surface area contributed by atoms with Gasteiger partial charge in [-0.2, -0.15) is 0 Å². The molecule has 0 N–H and O–H groups in total. The summed E-state index contributed by atoms with van der Waals surface area (Å²) in [5.74, 6) is 0. The van der Waals surface area contributed by atoms with Crippen LogP contribution in [0.15, 0.2) is 0 Å². The largest absolute Gasteiger partial charge is 0.275 e. The average Bonchev–Trinajstić information content (AvgIpc) is 2.22. The summed E-state index contributed by atoms with van der Waals surface area (Å²) in [6.45, 7) is 4.43. The summed E-state index contributed by atoms with van der Waals surface area (Å²) in [5.41, 5.74) is 0.441. The van der Waals surface area contributed by atoms with Crippen LogP contribution in [0.3, 0.4) is 0 Å². The fourth-order valence-electron chi connectivity index (χ4n) is 1.67. The van der Waals surface area contributed by atoms with E-state index in [1.807, 2.05) is 0 Å². The number of hydrogen-bond acceptors (Lipinski definition) is 1. The summed E-state index contributed by atoms with van der Waals surface area (Å²) in [6.07, 6.45) is 11.4. The molecular weight excluding hydrogens is 191 g/mol. The third-order valence-electron chi connectivity index (χ3n) is 2.68. The highest BCUT2D eigenvalue weighted by atomic mass is 31.1. The summed E-state index contributed by atoms with van der Waals surface area (Å²) in [7, 11) is 0.372. The van der Waals surface area contributed by atoms with Crippen molar-refractivity contribution >= 4 is 8.46 Å². The van der Waals surface area contributed by atoms with E-state index in [-0.39, 0.29) is 0 Å². The molecule has 2 heteroatoms. The Morgan fingerprint density at radius 3 is 2.00 bits per heavy atom. The van der Waals surface area contributed by atoms with Crippen molar-refractivity contribution in [1.82, 2.24) is 0 Å². The average molecular weight is 216 g/mol. The van der Waals surface area contributed by atoms with E-state index in [2.05, 4.69) is 13.8 Å². The number of rotatable bonds is 10. The van der Waals surface area contributed by atoms with E-state index in [1.54, 1.807) is 0 Å². The van der Waals surface area contributed by atoms with Gasteiger partial charge in [0.2, 0.25) is 0 Å². The second-order valence-corrected chi connectivity index (χ2v) is 5.05. The van der Waals surface area contributed by atoms with Crippen molar-refractivity contribution < 1.29 is 4.57 Å². The summed E-state index contributed by atoms with van der Waals surface area (Å²) in [6, 6.07) is 0. The Morgan fingerprint density at radius 1 is 0.857 bits per heavy atom. The van der Waals surface area contributed by atoms with Gasteiger partial charge in [0.25, 0.3) is 0 Å². The topological polar surface area (TPSA) is 17.1 Å². The summed E-state index contributed by atoms with van der Waals surface area (Å²) < 4.78 is 10.8. The van der Waals surface area contributed by atoms with Crippen LogP contribution in [0.5, 0.6) is 0 Å². The van der Waals surface area contributed by atoms with E-state index in [9.17, 15) is 4.57 Å². The van der Waals surface area contributed by atoms with Crippen molar-refractivity contribution in [3.8, 4) is 0 Å². The van der Waals surface area contributed by atoms with Crippen molar-refractivity contribution in [2.75, 3.05) is 0 Å². The van der Waals surface area contributed by atoms with Crippen molar-refractivity contribution in [2.45, 2.75) is 77.3 Å². The Labute approximate surface area is 90.9 Å². The lowest BCUT2D eigenvalue weighted by atomic mass is 10.1. The molecule has 1 atom stereocenters. The molecule has 0 radical (unpaired) electrons. The number of hydrogen-bond donors (Lipinski definition) is 0.